The van der Waals surface area contributed by atoms with Crippen LogP contribution in [0.15, 0.2) is 65.8 Å². The molecule has 0 saturated carbocycles. The lowest BCUT2D eigenvalue weighted by Crippen LogP contribution is -2.27. The summed E-state index contributed by atoms with van der Waals surface area (Å²) in [6.07, 6.45) is 1.69. The van der Waals surface area contributed by atoms with Crippen molar-refractivity contribution in [3.05, 3.63) is 88.2 Å². The molecular weight excluding hydrogens is 402 g/mol. The van der Waals surface area contributed by atoms with Gasteiger partial charge >= 0.3 is 0 Å². The van der Waals surface area contributed by atoms with Crippen LogP contribution in [0, 0.1) is 13.8 Å². The van der Waals surface area contributed by atoms with Gasteiger partial charge in [-0.3, -0.25) is 4.79 Å². The topological polar surface area (TPSA) is 46.4 Å². The summed E-state index contributed by atoms with van der Waals surface area (Å²) < 4.78 is 2.12. The Labute approximate surface area is 181 Å². The first-order valence-electron chi connectivity index (χ1n) is 9.39. The highest BCUT2D eigenvalue weighted by molar-refractivity contribution is 7.99. The summed E-state index contributed by atoms with van der Waals surface area (Å²) in [5.41, 5.74) is 7.92. The molecule has 3 aromatic rings. The molecule has 0 radical (unpaired) electrons. The minimum atomic E-state index is -0.189. The first-order chi connectivity index (χ1) is 14.0. The Morgan fingerprint density at radius 2 is 1.93 bits per heavy atom. The molecule has 1 aromatic heterocycles. The van der Waals surface area contributed by atoms with E-state index in [1.807, 2.05) is 69.3 Å². The fraction of sp³-hybridized carbons (Fsp3) is 0.217. The third kappa shape index (κ3) is 5.52. The Balaban J connectivity index is 1.61. The van der Waals surface area contributed by atoms with E-state index in [0.717, 1.165) is 28.4 Å². The molecule has 0 aliphatic rings. The maximum atomic E-state index is 12.3. The molecule has 0 bridgehead atoms. The number of carbonyl (C=O) groups is 1. The van der Waals surface area contributed by atoms with Gasteiger partial charge in [0, 0.05) is 33.4 Å². The number of benzene rings is 2. The normalized spacial score (nSPS) is 12.3. The van der Waals surface area contributed by atoms with Crippen LogP contribution in [0.4, 0.5) is 0 Å². The van der Waals surface area contributed by atoms with Crippen LogP contribution < -0.4 is 5.43 Å². The van der Waals surface area contributed by atoms with Crippen molar-refractivity contribution in [1.82, 2.24) is 9.99 Å². The lowest BCUT2D eigenvalue weighted by molar-refractivity contribution is -0.120. The molecule has 3 rings (SSSR count). The molecule has 0 aliphatic carbocycles. The van der Waals surface area contributed by atoms with Gasteiger partial charge in [0.05, 0.1) is 11.5 Å². The van der Waals surface area contributed by atoms with Gasteiger partial charge < -0.3 is 4.57 Å². The fourth-order valence-corrected chi connectivity index (χ4v) is 4.08. The van der Waals surface area contributed by atoms with E-state index in [1.165, 1.54) is 5.56 Å². The van der Waals surface area contributed by atoms with Crippen LogP contribution in [-0.4, -0.2) is 21.9 Å². The molecule has 1 atom stereocenters. The second-order valence-electron chi connectivity index (χ2n) is 6.81. The number of hydrazone groups is 1. The molecule has 1 N–H and O–H groups in total. The molecule has 0 spiro atoms. The van der Waals surface area contributed by atoms with Gasteiger partial charge in [-0.2, -0.15) is 5.10 Å². The zero-order chi connectivity index (χ0) is 20.8. The Kier molecular flexibility index (Phi) is 7.18. The lowest BCUT2D eigenvalue weighted by Gasteiger charge is -2.10. The number of amides is 1. The molecule has 0 fully saturated rings. The molecule has 1 amide bonds. The standard InChI is InChI=1S/C23H24ClN3OS/c1-16-12-20(17(2)27(16)22-11-7-10-21(24)13-22)14-25-26-23(28)18(3)29-15-19-8-5-4-6-9-19/h4-14,18H,15H2,1-3H3,(H,26,28)/b25-14-/t18-/m0/s1. The highest BCUT2D eigenvalue weighted by Crippen LogP contribution is 2.22. The van der Waals surface area contributed by atoms with Crippen LogP contribution in [0.3, 0.4) is 0 Å². The van der Waals surface area contributed by atoms with Crippen molar-refractivity contribution in [3.63, 3.8) is 0 Å². The van der Waals surface area contributed by atoms with E-state index in [1.54, 1.807) is 18.0 Å². The molecule has 4 nitrogen and oxygen atoms in total. The molecule has 150 valence electrons. The number of carbonyl (C=O) groups excluding carboxylic acids is 1. The number of rotatable bonds is 7. The smallest absolute Gasteiger partial charge is 0.252 e. The summed E-state index contributed by atoms with van der Waals surface area (Å²) in [5, 5.41) is 4.67. The maximum Gasteiger partial charge on any atom is 0.252 e. The molecule has 0 saturated heterocycles. The zero-order valence-electron chi connectivity index (χ0n) is 16.7. The van der Waals surface area contributed by atoms with Crippen LogP contribution in [0.25, 0.3) is 5.69 Å². The van der Waals surface area contributed by atoms with Crippen LogP contribution in [0.2, 0.25) is 5.02 Å². The molecule has 1 heterocycles. The highest BCUT2D eigenvalue weighted by Gasteiger charge is 2.13. The van der Waals surface area contributed by atoms with Crippen molar-refractivity contribution in [3.8, 4) is 5.69 Å². The van der Waals surface area contributed by atoms with E-state index in [0.29, 0.717) is 5.02 Å². The van der Waals surface area contributed by atoms with E-state index in [9.17, 15) is 4.79 Å². The van der Waals surface area contributed by atoms with Gasteiger partial charge in [0.1, 0.15) is 0 Å². The van der Waals surface area contributed by atoms with Gasteiger partial charge in [-0.15, -0.1) is 11.8 Å². The van der Waals surface area contributed by atoms with Crippen molar-refractivity contribution in [2.45, 2.75) is 31.8 Å². The third-order valence-electron chi connectivity index (χ3n) is 4.63. The number of thioether (sulfide) groups is 1. The predicted octanol–water partition coefficient (Wildman–Crippen LogP) is 5.52. The Morgan fingerprint density at radius 1 is 1.17 bits per heavy atom. The maximum absolute atomic E-state index is 12.3. The van der Waals surface area contributed by atoms with E-state index in [-0.39, 0.29) is 11.2 Å². The Hall–Kier alpha value is -2.50. The minimum absolute atomic E-state index is 0.106. The summed E-state index contributed by atoms with van der Waals surface area (Å²) in [6.45, 7) is 5.95. The highest BCUT2D eigenvalue weighted by atomic mass is 35.5. The number of nitrogens with one attached hydrogen (secondary N) is 1. The number of hydrogen-bond donors (Lipinski definition) is 1. The average molecular weight is 426 g/mol. The lowest BCUT2D eigenvalue weighted by atomic mass is 10.2. The molecule has 0 unspecified atom stereocenters. The second kappa shape index (κ2) is 9.81. The van der Waals surface area contributed by atoms with Gasteiger partial charge in [0.15, 0.2) is 0 Å². The Morgan fingerprint density at radius 3 is 2.66 bits per heavy atom. The number of halogens is 1. The van der Waals surface area contributed by atoms with Crippen molar-refractivity contribution >= 4 is 35.5 Å². The van der Waals surface area contributed by atoms with Gasteiger partial charge in [0.25, 0.3) is 5.91 Å². The van der Waals surface area contributed by atoms with Gasteiger partial charge in [-0.25, -0.2) is 5.43 Å². The van der Waals surface area contributed by atoms with E-state index in [2.05, 4.69) is 27.2 Å². The SMILES string of the molecule is Cc1cc(/C=N\NC(=O)[C@H](C)SCc2ccccc2)c(C)n1-c1cccc(Cl)c1. The van der Waals surface area contributed by atoms with Gasteiger partial charge in [-0.05, 0) is 50.6 Å². The van der Waals surface area contributed by atoms with Crippen molar-refractivity contribution in [2.75, 3.05) is 0 Å². The molecule has 2 aromatic carbocycles. The van der Waals surface area contributed by atoms with Crippen LogP contribution in [0.5, 0.6) is 0 Å². The van der Waals surface area contributed by atoms with Crippen molar-refractivity contribution in [2.24, 2.45) is 5.10 Å². The van der Waals surface area contributed by atoms with Crippen LogP contribution >= 0.6 is 23.4 Å². The Bertz CT molecular complexity index is 1010. The number of aryl methyl sites for hydroxylation is 1. The third-order valence-corrected chi connectivity index (χ3v) is 6.08. The van der Waals surface area contributed by atoms with E-state index < -0.39 is 0 Å². The molecule has 0 aliphatic heterocycles. The summed E-state index contributed by atoms with van der Waals surface area (Å²) >= 11 is 7.72. The number of hydrogen-bond acceptors (Lipinski definition) is 3. The molecular formula is C23H24ClN3OS. The van der Waals surface area contributed by atoms with Crippen molar-refractivity contribution < 1.29 is 4.79 Å². The number of nitrogens with zero attached hydrogens (tertiary/aromatic N) is 2. The average Bonchev–Trinajstić information content (AvgIpc) is 3.00. The molecule has 6 heteroatoms. The minimum Gasteiger partial charge on any atom is -0.318 e. The molecule has 29 heavy (non-hydrogen) atoms. The fourth-order valence-electron chi connectivity index (χ4n) is 3.06. The summed E-state index contributed by atoms with van der Waals surface area (Å²) in [4.78, 5) is 12.3. The van der Waals surface area contributed by atoms with Crippen LogP contribution in [0.1, 0.15) is 29.4 Å². The van der Waals surface area contributed by atoms with E-state index in [4.69, 9.17) is 11.6 Å². The summed E-state index contributed by atoms with van der Waals surface area (Å²) in [5.74, 6) is 0.686. The van der Waals surface area contributed by atoms with Crippen molar-refractivity contribution in [1.29, 1.82) is 0 Å². The monoisotopic (exact) mass is 425 g/mol. The first-order valence-corrected chi connectivity index (χ1v) is 10.8. The largest absolute Gasteiger partial charge is 0.318 e. The van der Waals surface area contributed by atoms with Gasteiger partial charge in [0.2, 0.25) is 0 Å². The first kappa shape index (κ1) is 21.2. The summed E-state index contributed by atoms with van der Waals surface area (Å²) in [7, 11) is 0. The van der Waals surface area contributed by atoms with Crippen LogP contribution in [-0.2, 0) is 10.5 Å². The second-order valence-corrected chi connectivity index (χ2v) is 8.58. The number of aromatic nitrogens is 1. The zero-order valence-corrected chi connectivity index (χ0v) is 18.3. The van der Waals surface area contributed by atoms with E-state index >= 15 is 0 Å². The van der Waals surface area contributed by atoms with Gasteiger partial charge in [-0.1, -0.05) is 48.0 Å². The predicted molar refractivity (Wildman–Crippen MR) is 123 cm³/mol. The summed E-state index contributed by atoms with van der Waals surface area (Å²) in [6, 6.07) is 19.9. The quantitative estimate of drug-likeness (QED) is 0.400.